The quantitative estimate of drug-likeness (QED) is 0.184. The minimum absolute atomic E-state index is 0.556. The molecule has 5 nitrogen and oxygen atoms in total. The van der Waals surface area contributed by atoms with Crippen molar-refractivity contribution in [1.29, 1.82) is 0 Å². The largest absolute Gasteiger partial charge is 0.309 e. The molecule has 1 aliphatic rings. The standard InChI is InChI=1S/C43H30N4OS/c48-49(32-15-5-2-6-16-32)42-22-12-9-19-37(42)44-43(45-49)47-39-21-11-8-18-34(39)36-28-30(24-26-41(36)47)29-23-25-40-35(27-29)33-17-7-10-20-38(33)46(40)31-13-3-1-4-14-31/h1-28,49H,(H,44,45,48). The molecule has 3 heterocycles. The van der Waals surface area contributed by atoms with Crippen molar-refractivity contribution in [1.82, 2.24) is 13.9 Å². The van der Waals surface area contributed by atoms with Crippen LogP contribution in [0.1, 0.15) is 0 Å². The van der Waals surface area contributed by atoms with Crippen LogP contribution in [-0.4, -0.2) is 19.3 Å². The Labute approximate surface area is 284 Å². The summed E-state index contributed by atoms with van der Waals surface area (Å²) in [6, 6.07) is 58.4. The van der Waals surface area contributed by atoms with Crippen molar-refractivity contribution in [3.8, 4) is 16.8 Å². The smallest absolute Gasteiger partial charge is 0.219 e. The van der Waals surface area contributed by atoms with Crippen LogP contribution in [0, 0.1) is 0 Å². The Balaban J connectivity index is 1.16. The molecule has 10 rings (SSSR count). The average molecular weight is 651 g/mol. The molecule has 0 unspecified atom stereocenters. The Morgan fingerprint density at radius 1 is 0.469 bits per heavy atom. The monoisotopic (exact) mass is 650 g/mol. The fourth-order valence-corrected chi connectivity index (χ4v) is 9.79. The Morgan fingerprint density at radius 2 is 0.980 bits per heavy atom. The average Bonchev–Trinajstić information content (AvgIpc) is 3.68. The molecule has 0 radical (unpaired) electrons. The second-order valence-corrected chi connectivity index (χ2v) is 14.9. The number of hydrogen-bond donors (Lipinski definition) is 2. The molecule has 0 aliphatic carbocycles. The minimum Gasteiger partial charge on any atom is -0.309 e. The van der Waals surface area contributed by atoms with Crippen LogP contribution in [-0.2, 0) is 10.1 Å². The van der Waals surface area contributed by atoms with Crippen molar-refractivity contribution >= 4 is 65.4 Å². The first kappa shape index (κ1) is 27.8. The summed E-state index contributed by atoms with van der Waals surface area (Å²) in [6.07, 6.45) is 0. The van der Waals surface area contributed by atoms with Crippen LogP contribution in [0.4, 0.5) is 5.69 Å². The molecule has 0 saturated carbocycles. The van der Waals surface area contributed by atoms with Crippen molar-refractivity contribution in [3.05, 3.63) is 170 Å². The summed E-state index contributed by atoms with van der Waals surface area (Å²) >= 11 is 0. The van der Waals surface area contributed by atoms with Crippen molar-refractivity contribution in [2.75, 3.05) is 0 Å². The molecule has 0 spiro atoms. The summed E-state index contributed by atoms with van der Waals surface area (Å²) in [5.74, 6) is 0.556. The summed E-state index contributed by atoms with van der Waals surface area (Å²) in [5, 5.41) is 4.66. The maximum absolute atomic E-state index is 15.0. The van der Waals surface area contributed by atoms with E-state index >= 15 is 0 Å². The van der Waals surface area contributed by atoms with Crippen molar-refractivity contribution in [2.45, 2.75) is 9.79 Å². The predicted molar refractivity (Wildman–Crippen MR) is 204 cm³/mol. The van der Waals surface area contributed by atoms with Crippen molar-refractivity contribution in [3.63, 3.8) is 0 Å². The van der Waals surface area contributed by atoms with Crippen LogP contribution in [0.2, 0.25) is 0 Å². The molecule has 2 aromatic heterocycles. The van der Waals surface area contributed by atoms with E-state index in [9.17, 15) is 4.21 Å². The van der Waals surface area contributed by atoms with E-state index in [1.165, 1.54) is 21.8 Å². The van der Waals surface area contributed by atoms with Gasteiger partial charge in [-0.3, -0.25) is 13.5 Å². The van der Waals surface area contributed by atoms with E-state index in [4.69, 9.17) is 4.99 Å². The Bertz CT molecular complexity index is 2830. The number of aromatic nitrogens is 2. The zero-order valence-corrected chi connectivity index (χ0v) is 27.3. The molecule has 0 atom stereocenters. The van der Waals surface area contributed by atoms with Gasteiger partial charge in [0.2, 0.25) is 5.96 Å². The number of nitrogens with one attached hydrogen (secondary N) is 1. The van der Waals surface area contributed by atoms with Gasteiger partial charge in [0.25, 0.3) is 0 Å². The van der Waals surface area contributed by atoms with Gasteiger partial charge < -0.3 is 4.57 Å². The second kappa shape index (κ2) is 10.6. The molecule has 234 valence electrons. The summed E-state index contributed by atoms with van der Waals surface area (Å²) in [6.45, 7) is 0. The molecule has 0 fully saturated rings. The highest BCUT2D eigenvalue weighted by Gasteiger charge is 2.30. The number of nitrogens with zero attached hydrogens (tertiary/aromatic N) is 3. The van der Waals surface area contributed by atoms with Crippen molar-refractivity contribution in [2.24, 2.45) is 4.99 Å². The Hall–Kier alpha value is -6.24. The molecule has 1 aliphatic heterocycles. The molecule has 49 heavy (non-hydrogen) atoms. The highest BCUT2D eigenvalue weighted by Crippen LogP contribution is 2.40. The minimum atomic E-state index is -3.23. The number of hydrogen-bond acceptors (Lipinski definition) is 2. The first-order valence-electron chi connectivity index (χ1n) is 16.4. The van der Waals surface area contributed by atoms with Gasteiger partial charge in [0.15, 0.2) is 0 Å². The number of fused-ring (bicyclic) bond motifs is 7. The fraction of sp³-hybridized carbons (Fsp3) is 0. The van der Waals surface area contributed by atoms with Crippen LogP contribution in [0.5, 0.6) is 0 Å². The lowest BCUT2D eigenvalue weighted by atomic mass is 10.0. The lowest BCUT2D eigenvalue weighted by molar-refractivity contribution is 0.665. The molecule has 9 aromatic rings. The number of aliphatic imine (C=N–C) groups is 1. The maximum atomic E-state index is 15.0. The van der Waals surface area contributed by atoms with Gasteiger partial charge in [-0.15, -0.1) is 0 Å². The van der Waals surface area contributed by atoms with E-state index in [0.717, 1.165) is 48.4 Å². The molecule has 7 aromatic carbocycles. The summed E-state index contributed by atoms with van der Waals surface area (Å²) < 4.78 is 22.9. The van der Waals surface area contributed by atoms with E-state index < -0.39 is 10.1 Å². The van der Waals surface area contributed by atoms with Gasteiger partial charge in [0.05, 0.1) is 32.6 Å². The third-order valence-corrected chi connectivity index (χ3v) is 12.3. The van der Waals surface area contributed by atoms with E-state index in [1.807, 2.05) is 60.7 Å². The van der Waals surface area contributed by atoms with Crippen molar-refractivity contribution < 1.29 is 4.21 Å². The van der Waals surface area contributed by atoms with Gasteiger partial charge in [-0.05, 0) is 83.9 Å². The summed E-state index contributed by atoms with van der Waals surface area (Å²) in [4.78, 5) is 6.55. The molecular weight excluding hydrogens is 621 g/mol. The second-order valence-electron chi connectivity index (χ2n) is 12.5. The van der Waals surface area contributed by atoms with Crippen LogP contribution < -0.4 is 4.72 Å². The molecule has 0 bridgehead atoms. The Kier molecular flexibility index (Phi) is 6.04. The van der Waals surface area contributed by atoms with Crippen LogP contribution >= 0.6 is 0 Å². The van der Waals surface area contributed by atoms with E-state index in [-0.39, 0.29) is 0 Å². The van der Waals surface area contributed by atoms with Crippen LogP contribution in [0.15, 0.2) is 185 Å². The molecule has 0 amide bonds. The first-order chi connectivity index (χ1) is 24.2. The van der Waals surface area contributed by atoms with Gasteiger partial charge in [-0.25, -0.2) is 4.99 Å². The van der Waals surface area contributed by atoms with E-state index in [0.29, 0.717) is 11.6 Å². The molecule has 0 saturated heterocycles. The van der Waals surface area contributed by atoms with Gasteiger partial charge >= 0.3 is 0 Å². The third kappa shape index (κ3) is 4.17. The number of benzene rings is 7. The maximum Gasteiger partial charge on any atom is 0.219 e. The lowest BCUT2D eigenvalue weighted by Crippen LogP contribution is -2.42. The molecule has 1 N–H and O–H groups in total. The van der Waals surface area contributed by atoms with Crippen LogP contribution in [0.25, 0.3) is 60.4 Å². The van der Waals surface area contributed by atoms with Gasteiger partial charge in [-0.2, -0.15) is 0 Å². The predicted octanol–water partition coefficient (Wildman–Crippen LogP) is 10.0. The highest BCUT2D eigenvalue weighted by atomic mass is 32.3. The highest BCUT2D eigenvalue weighted by molar-refractivity contribution is 8.02. The van der Waals surface area contributed by atoms with Gasteiger partial charge in [0, 0.05) is 42.2 Å². The molecule has 6 heteroatoms. The summed E-state index contributed by atoms with van der Waals surface area (Å²) in [7, 11) is -3.23. The lowest BCUT2D eigenvalue weighted by Gasteiger charge is -2.32. The molecular formula is C43H30N4OS. The summed E-state index contributed by atoms with van der Waals surface area (Å²) in [5.41, 5.74) is 8.51. The topological polar surface area (TPSA) is 51.3 Å². The Morgan fingerprint density at radius 3 is 1.65 bits per heavy atom. The number of thiol groups is 1. The first-order valence-corrected chi connectivity index (χ1v) is 18.1. The van der Waals surface area contributed by atoms with Crippen LogP contribution in [0.3, 0.4) is 0 Å². The zero-order chi connectivity index (χ0) is 32.5. The number of rotatable bonds is 3. The van der Waals surface area contributed by atoms with Gasteiger partial charge in [-0.1, -0.05) is 97.1 Å². The van der Waals surface area contributed by atoms with Gasteiger partial charge in [0.1, 0.15) is 0 Å². The SMILES string of the molecule is O=[SH]1(c2ccccc2)NC(n2c3ccccc3c3cc(-c4ccc5c(c4)c4ccccc4n5-c4ccccc4)ccc32)=Nc2ccccc21. The van der Waals surface area contributed by atoms with E-state index in [1.54, 1.807) is 0 Å². The normalized spacial score (nSPS) is 14.5. The van der Waals surface area contributed by atoms with E-state index in [2.05, 4.69) is 123 Å². The fourth-order valence-electron chi connectivity index (χ4n) is 7.50. The zero-order valence-electron chi connectivity index (χ0n) is 26.4. The number of para-hydroxylation sites is 4. The third-order valence-electron chi connectivity index (χ3n) is 9.73.